The van der Waals surface area contributed by atoms with Crippen LogP contribution in [-0.2, 0) is 38.9 Å². The highest BCUT2D eigenvalue weighted by Crippen LogP contribution is 2.07. The summed E-state index contributed by atoms with van der Waals surface area (Å²) in [5.74, 6) is -2.30. The van der Waals surface area contributed by atoms with Crippen molar-refractivity contribution in [3.05, 3.63) is 0 Å². The summed E-state index contributed by atoms with van der Waals surface area (Å²) in [7, 11) is -5.89. The average molecular weight is 387 g/mol. The molecular formula is C13H25NO8S2. The van der Waals surface area contributed by atoms with Gasteiger partial charge in [-0.3, -0.25) is 4.79 Å². The molecule has 0 aromatic carbocycles. The maximum absolute atomic E-state index is 11.7. The zero-order valence-electron chi connectivity index (χ0n) is 14.1. The minimum atomic E-state index is -3.81. The molecule has 11 heteroatoms. The molecule has 0 radical (unpaired) electrons. The summed E-state index contributed by atoms with van der Waals surface area (Å²) in [4.78, 5) is 23.2. The first-order valence-electron chi connectivity index (χ1n) is 7.43. The molecule has 1 N–H and O–H groups in total. The molecule has 24 heavy (non-hydrogen) atoms. The van der Waals surface area contributed by atoms with E-state index in [4.69, 9.17) is 4.74 Å². The zero-order chi connectivity index (χ0) is 18.8. The lowest BCUT2D eigenvalue weighted by Crippen LogP contribution is -2.36. The summed E-state index contributed by atoms with van der Waals surface area (Å²) in [6.07, 6.45) is 1.58. The summed E-state index contributed by atoms with van der Waals surface area (Å²) in [5.41, 5.74) is 0. The molecule has 0 aliphatic heterocycles. The van der Waals surface area contributed by atoms with Crippen molar-refractivity contribution < 1.29 is 35.9 Å². The van der Waals surface area contributed by atoms with E-state index in [0.29, 0.717) is 6.42 Å². The number of esters is 2. The first-order valence-corrected chi connectivity index (χ1v) is 11.1. The molecule has 0 aromatic heterocycles. The van der Waals surface area contributed by atoms with E-state index in [1.165, 1.54) is 7.11 Å². The minimum absolute atomic E-state index is 0.0789. The second-order valence-corrected chi connectivity index (χ2v) is 9.45. The predicted molar refractivity (Wildman–Crippen MR) is 87.5 cm³/mol. The van der Waals surface area contributed by atoms with Crippen molar-refractivity contribution in [2.24, 2.45) is 0 Å². The Morgan fingerprint density at radius 2 is 1.71 bits per heavy atom. The maximum Gasteiger partial charge on any atom is 0.347 e. The first-order chi connectivity index (χ1) is 11.0. The van der Waals surface area contributed by atoms with E-state index in [1.807, 2.05) is 11.6 Å². The van der Waals surface area contributed by atoms with Crippen molar-refractivity contribution in [1.82, 2.24) is 4.72 Å². The van der Waals surface area contributed by atoms with Gasteiger partial charge in [0, 0.05) is 6.26 Å². The third-order valence-electron chi connectivity index (χ3n) is 2.92. The SMILES string of the molecule is CCCCC(OC(=O)CNS(=O)(=O)CCCS(C)(=O)=O)C(=O)OC. The number of carbonyl (C=O) groups excluding carboxylic acids is 2. The van der Waals surface area contributed by atoms with Gasteiger partial charge in [-0.25, -0.2) is 26.4 Å². The fraction of sp³-hybridized carbons (Fsp3) is 0.846. The molecule has 0 heterocycles. The molecule has 1 atom stereocenters. The molecule has 142 valence electrons. The van der Waals surface area contributed by atoms with Gasteiger partial charge < -0.3 is 9.47 Å². The van der Waals surface area contributed by atoms with E-state index < -0.39 is 50.2 Å². The summed E-state index contributed by atoms with van der Waals surface area (Å²) < 4.78 is 56.7. The monoisotopic (exact) mass is 387 g/mol. The second kappa shape index (κ2) is 10.6. The first kappa shape index (κ1) is 22.8. The molecule has 0 saturated carbocycles. The maximum atomic E-state index is 11.7. The van der Waals surface area contributed by atoms with Crippen LogP contribution in [0.3, 0.4) is 0 Å². The van der Waals surface area contributed by atoms with E-state index in [0.717, 1.165) is 12.7 Å². The molecule has 0 bridgehead atoms. The fourth-order valence-corrected chi connectivity index (χ4v) is 3.56. The number of sulfonamides is 1. The van der Waals surface area contributed by atoms with Crippen molar-refractivity contribution in [1.29, 1.82) is 0 Å². The molecule has 9 nitrogen and oxygen atoms in total. The number of rotatable bonds is 12. The van der Waals surface area contributed by atoms with Gasteiger partial charge in [-0.1, -0.05) is 13.3 Å². The lowest BCUT2D eigenvalue weighted by Gasteiger charge is -2.15. The Labute approximate surface area is 143 Å². The van der Waals surface area contributed by atoms with E-state index >= 15 is 0 Å². The van der Waals surface area contributed by atoms with E-state index in [-0.39, 0.29) is 18.6 Å². The van der Waals surface area contributed by atoms with E-state index in [9.17, 15) is 26.4 Å². The number of carbonyl (C=O) groups is 2. The molecule has 0 aliphatic rings. The van der Waals surface area contributed by atoms with Gasteiger partial charge >= 0.3 is 11.9 Å². The Bertz CT molecular complexity index is 612. The van der Waals surface area contributed by atoms with Crippen LogP contribution in [0.4, 0.5) is 0 Å². The van der Waals surface area contributed by atoms with Crippen molar-refractivity contribution >= 4 is 31.8 Å². The molecule has 0 aliphatic carbocycles. The molecule has 0 rings (SSSR count). The summed E-state index contributed by atoms with van der Waals surface area (Å²) in [6, 6.07) is 0. The highest BCUT2D eigenvalue weighted by molar-refractivity contribution is 7.91. The Kier molecular flexibility index (Phi) is 10.1. The molecule has 0 spiro atoms. The largest absolute Gasteiger partial charge is 0.466 e. The molecule has 0 fully saturated rings. The Balaban J connectivity index is 4.41. The second-order valence-electron chi connectivity index (χ2n) is 5.27. The molecule has 0 saturated heterocycles. The Morgan fingerprint density at radius 1 is 1.08 bits per heavy atom. The van der Waals surface area contributed by atoms with Crippen LogP contribution in [0.2, 0.25) is 0 Å². The van der Waals surface area contributed by atoms with Gasteiger partial charge in [0.15, 0.2) is 6.10 Å². The number of ether oxygens (including phenoxy) is 2. The number of hydrogen-bond donors (Lipinski definition) is 1. The Hall–Kier alpha value is -1.20. The summed E-state index contributed by atoms with van der Waals surface area (Å²) in [5, 5.41) is 0. The van der Waals surface area contributed by atoms with Crippen LogP contribution in [0.1, 0.15) is 32.6 Å². The van der Waals surface area contributed by atoms with Crippen LogP contribution in [0.15, 0.2) is 0 Å². The normalized spacial score (nSPS) is 13.3. The highest BCUT2D eigenvalue weighted by atomic mass is 32.2. The van der Waals surface area contributed by atoms with Gasteiger partial charge in [-0.05, 0) is 19.3 Å². The summed E-state index contributed by atoms with van der Waals surface area (Å²) in [6.45, 7) is 1.27. The molecule has 0 aromatic rings. The highest BCUT2D eigenvalue weighted by Gasteiger charge is 2.24. The number of hydrogen-bond acceptors (Lipinski definition) is 8. The third-order valence-corrected chi connectivity index (χ3v) is 5.36. The quantitative estimate of drug-likeness (QED) is 0.448. The predicted octanol–water partition coefficient (Wildman–Crippen LogP) is -0.384. The van der Waals surface area contributed by atoms with E-state index in [1.54, 1.807) is 0 Å². The van der Waals surface area contributed by atoms with Gasteiger partial charge in [-0.2, -0.15) is 0 Å². The van der Waals surface area contributed by atoms with Crippen molar-refractivity contribution in [3.63, 3.8) is 0 Å². The van der Waals surface area contributed by atoms with Crippen LogP contribution in [0.25, 0.3) is 0 Å². The number of methoxy groups -OCH3 is 1. The Morgan fingerprint density at radius 3 is 2.21 bits per heavy atom. The van der Waals surface area contributed by atoms with Crippen LogP contribution < -0.4 is 4.72 Å². The minimum Gasteiger partial charge on any atom is -0.466 e. The zero-order valence-corrected chi connectivity index (χ0v) is 15.7. The van der Waals surface area contributed by atoms with Gasteiger partial charge in [0.25, 0.3) is 0 Å². The van der Waals surface area contributed by atoms with Gasteiger partial charge in [0.2, 0.25) is 10.0 Å². The van der Waals surface area contributed by atoms with Crippen molar-refractivity contribution in [2.75, 3.05) is 31.4 Å². The lowest BCUT2D eigenvalue weighted by atomic mass is 10.1. The number of nitrogens with one attached hydrogen (secondary N) is 1. The van der Waals surface area contributed by atoms with Crippen LogP contribution in [0.5, 0.6) is 0 Å². The van der Waals surface area contributed by atoms with Gasteiger partial charge in [0.1, 0.15) is 16.4 Å². The molecule has 1 unspecified atom stereocenters. The topological polar surface area (TPSA) is 133 Å². The number of unbranched alkanes of at least 4 members (excludes halogenated alkanes) is 1. The fourth-order valence-electron chi connectivity index (χ4n) is 1.70. The standard InChI is InChI=1S/C13H25NO8S2/c1-4-5-7-11(13(16)21-2)22-12(15)10-14-24(19,20)9-6-8-23(3,17)18/h11,14H,4-10H2,1-3H3. The lowest BCUT2D eigenvalue weighted by molar-refractivity contribution is -0.165. The molecule has 0 amide bonds. The number of sulfone groups is 1. The van der Waals surface area contributed by atoms with Crippen molar-refractivity contribution in [3.8, 4) is 0 Å². The third kappa shape index (κ3) is 11.4. The van der Waals surface area contributed by atoms with Crippen LogP contribution >= 0.6 is 0 Å². The molecular weight excluding hydrogens is 362 g/mol. The van der Waals surface area contributed by atoms with Gasteiger partial charge in [0.05, 0.1) is 18.6 Å². The van der Waals surface area contributed by atoms with E-state index in [2.05, 4.69) is 4.74 Å². The summed E-state index contributed by atoms with van der Waals surface area (Å²) >= 11 is 0. The average Bonchev–Trinajstić information content (AvgIpc) is 2.47. The van der Waals surface area contributed by atoms with Crippen LogP contribution in [0, 0.1) is 0 Å². The smallest absolute Gasteiger partial charge is 0.347 e. The van der Waals surface area contributed by atoms with Gasteiger partial charge in [-0.15, -0.1) is 0 Å². The van der Waals surface area contributed by atoms with Crippen molar-refractivity contribution in [2.45, 2.75) is 38.7 Å². The van der Waals surface area contributed by atoms with Crippen LogP contribution in [-0.4, -0.2) is 66.3 Å².